The summed E-state index contributed by atoms with van der Waals surface area (Å²) in [5.74, 6) is 0. The molecule has 0 radical (unpaired) electrons. The lowest BCUT2D eigenvalue weighted by Gasteiger charge is -2.01. The molecule has 0 saturated heterocycles. The molecular weight excluding hydrogens is 144 g/mol. The number of hydrogen-bond acceptors (Lipinski definition) is 4. The normalized spacial score (nSPS) is 19.0. The van der Waals surface area contributed by atoms with Gasteiger partial charge in [0.25, 0.3) is 6.47 Å². The minimum Gasteiger partial charge on any atom is -0.442 e. The topological polar surface area (TPSA) is 26.3 Å². The zero-order chi connectivity index (χ0) is 5.82. The van der Waals surface area contributed by atoms with Crippen LogP contribution in [0.5, 0.6) is 0 Å². The minimum atomic E-state index is -0.0347. The van der Waals surface area contributed by atoms with E-state index < -0.39 is 0 Å². The van der Waals surface area contributed by atoms with Crippen LogP contribution in [-0.2, 0) is 9.53 Å². The largest absolute Gasteiger partial charge is 0.442 e. The van der Waals surface area contributed by atoms with E-state index in [9.17, 15) is 4.79 Å². The summed E-state index contributed by atoms with van der Waals surface area (Å²) in [7, 11) is 0. The van der Waals surface area contributed by atoms with Gasteiger partial charge in [-0.15, -0.1) is 0 Å². The van der Waals surface area contributed by atoms with E-state index in [1.807, 2.05) is 10.8 Å². The fourth-order valence-electron chi connectivity index (χ4n) is 0.334. The lowest BCUT2D eigenvalue weighted by Crippen LogP contribution is -1.95. The van der Waals surface area contributed by atoms with Gasteiger partial charge in [0, 0.05) is 0 Å². The SMILES string of the molecule is O=COC1SC=CS1. The zero-order valence-corrected chi connectivity index (χ0v) is 5.58. The first-order chi connectivity index (χ1) is 3.93. The highest BCUT2D eigenvalue weighted by Crippen LogP contribution is 2.33. The third kappa shape index (κ3) is 1.45. The Hall–Kier alpha value is -0.0900. The Kier molecular flexibility index (Phi) is 2.29. The Labute approximate surface area is 55.7 Å². The smallest absolute Gasteiger partial charge is 0.294 e. The van der Waals surface area contributed by atoms with Crippen molar-refractivity contribution >= 4 is 30.0 Å². The quantitative estimate of drug-likeness (QED) is 0.553. The minimum absolute atomic E-state index is 0.0347. The van der Waals surface area contributed by atoms with Crippen molar-refractivity contribution in [3.63, 3.8) is 0 Å². The molecule has 0 aromatic carbocycles. The van der Waals surface area contributed by atoms with E-state index in [1.165, 1.54) is 23.5 Å². The van der Waals surface area contributed by atoms with Crippen molar-refractivity contribution in [3.8, 4) is 0 Å². The molecule has 0 aromatic rings. The summed E-state index contributed by atoms with van der Waals surface area (Å²) in [5, 5.41) is 3.80. The van der Waals surface area contributed by atoms with Gasteiger partial charge in [-0.25, -0.2) is 0 Å². The standard InChI is InChI=1S/C4H4O2S2/c5-3-6-4-7-1-2-8-4/h1-4H. The molecule has 1 aliphatic heterocycles. The van der Waals surface area contributed by atoms with E-state index in [1.54, 1.807) is 0 Å². The van der Waals surface area contributed by atoms with Crippen LogP contribution < -0.4 is 0 Å². The molecule has 0 saturated carbocycles. The predicted octanol–water partition coefficient (Wildman–Crippen LogP) is 1.39. The number of carbonyl (C=O) groups is 1. The second-order valence-electron chi connectivity index (χ2n) is 1.07. The lowest BCUT2D eigenvalue weighted by atomic mass is 11.3. The van der Waals surface area contributed by atoms with Crippen LogP contribution in [0.15, 0.2) is 10.8 Å². The van der Waals surface area contributed by atoms with Gasteiger partial charge < -0.3 is 4.74 Å². The number of hydrogen-bond donors (Lipinski definition) is 0. The fraction of sp³-hybridized carbons (Fsp3) is 0.250. The van der Waals surface area contributed by atoms with Crippen molar-refractivity contribution in [2.24, 2.45) is 0 Å². The van der Waals surface area contributed by atoms with Crippen LogP contribution in [0, 0.1) is 0 Å². The molecule has 44 valence electrons. The molecular formula is C4H4O2S2. The summed E-state index contributed by atoms with van der Waals surface area (Å²) in [5.41, 5.74) is 0. The molecule has 4 heteroatoms. The third-order valence-corrected chi connectivity index (χ3v) is 2.69. The second-order valence-corrected chi connectivity index (χ2v) is 3.31. The number of carbonyl (C=O) groups excluding carboxylic acids is 1. The van der Waals surface area contributed by atoms with E-state index in [0.717, 1.165) is 0 Å². The van der Waals surface area contributed by atoms with Crippen LogP contribution in [0.1, 0.15) is 0 Å². The van der Waals surface area contributed by atoms with E-state index in [0.29, 0.717) is 6.47 Å². The summed E-state index contributed by atoms with van der Waals surface area (Å²) in [6.45, 7) is 0.470. The van der Waals surface area contributed by atoms with Gasteiger partial charge in [-0.2, -0.15) is 0 Å². The summed E-state index contributed by atoms with van der Waals surface area (Å²) in [6.07, 6.45) is 0. The van der Waals surface area contributed by atoms with Gasteiger partial charge >= 0.3 is 0 Å². The Morgan fingerprint density at radius 2 is 2.12 bits per heavy atom. The van der Waals surface area contributed by atoms with Gasteiger partial charge in [0.1, 0.15) is 0 Å². The Morgan fingerprint density at radius 1 is 1.50 bits per heavy atom. The van der Waals surface area contributed by atoms with Crippen LogP contribution in [0.25, 0.3) is 0 Å². The maximum Gasteiger partial charge on any atom is 0.294 e. The Balaban J connectivity index is 2.19. The van der Waals surface area contributed by atoms with Crippen molar-refractivity contribution in [3.05, 3.63) is 10.8 Å². The van der Waals surface area contributed by atoms with Crippen molar-refractivity contribution < 1.29 is 9.53 Å². The van der Waals surface area contributed by atoms with E-state index in [2.05, 4.69) is 4.74 Å². The lowest BCUT2D eigenvalue weighted by molar-refractivity contribution is -0.127. The molecule has 0 amide bonds. The monoisotopic (exact) mass is 148 g/mol. The van der Waals surface area contributed by atoms with Crippen molar-refractivity contribution in [2.75, 3.05) is 0 Å². The molecule has 1 heterocycles. The highest BCUT2D eigenvalue weighted by atomic mass is 32.2. The first kappa shape index (κ1) is 6.04. The van der Waals surface area contributed by atoms with Gasteiger partial charge in [-0.1, -0.05) is 23.5 Å². The van der Waals surface area contributed by atoms with Crippen LogP contribution >= 0.6 is 23.5 Å². The van der Waals surface area contributed by atoms with Crippen LogP contribution in [-0.4, -0.2) is 11.2 Å². The predicted molar refractivity (Wildman–Crippen MR) is 35.3 cm³/mol. The van der Waals surface area contributed by atoms with Crippen LogP contribution in [0.3, 0.4) is 0 Å². The molecule has 0 N–H and O–H groups in total. The third-order valence-electron chi connectivity index (χ3n) is 0.602. The van der Waals surface area contributed by atoms with Gasteiger partial charge in [-0.3, -0.25) is 4.79 Å². The average Bonchev–Trinajstić information content (AvgIpc) is 2.19. The second kappa shape index (κ2) is 3.04. The molecule has 0 spiro atoms. The summed E-state index contributed by atoms with van der Waals surface area (Å²) in [6, 6.07) is 0. The van der Waals surface area contributed by atoms with Gasteiger partial charge in [0.2, 0.25) is 4.77 Å². The molecule has 0 fully saturated rings. The zero-order valence-electron chi connectivity index (χ0n) is 3.94. The van der Waals surface area contributed by atoms with Crippen molar-refractivity contribution in [1.29, 1.82) is 0 Å². The average molecular weight is 148 g/mol. The maximum atomic E-state index is 9.68. The molecule has 0 unspecified atom stereocenters. The number of rotatable bonds is 2. The molecule has 1 rings (SSSR count). The molecule has 2 nitrogen and oxygen atoms in total. The first-order valence-electron chi connectivity index (χ1n) is 1.98. The van der Waals surface area contributed by atoms with Gasteiger partial charge in [0.05, 0.1) is 0 Å². The molecule has 1 aliphatic rings. The maximum absolute atomic E-state index is 9.68. The van der Waals surface area contributed by atoms with Crippen LogP contribution in [0.4, 0.5) is 0 Å². The summed E-state index contributed by atoms with van der Waals surface area (Å²) in [4.78, 5) is 9.68. The Bertz CT molecular complexity index is 105. The van der Waals surface area contributed by atoms with E-state index in [4.69, 9.17) is 0 Å². The molecule has 0 aromatic heterocycles. The van der Waals surface area contributed by atoms with E-state index >= 15 is 0 Å². The van der Waals surface area contributed by atoms with Crippen molar-refractivity contribution in [2.45, 2.75) is 4.77 Å². The number of ether oxygens (including phenoxy) is 1. The van der Waals surface area contributed by atoms with E-state index in [-0.39, 0.29) is 4.77 Å². The molecule has 0 bridgehead atoms. The van der Waals surface area contributed by atoms with Gasteiger partial charge in [0.15, 0.2) is 0 Å². The first-order valence-corrected chi connectivity index (χ1v) is 3.87. The highest BCUT2D eigenvalue weighted by molar-refractivity contribution is 8.22. The molecule has 0 aliphatic carbocycles. The van der Waals surface area contributed by atoms with Crippen LogP contribution in [0.2, 0.25) is 0 Å². The number of thioether (sulfide) groups is 2. The summed E-state index contributed by atoms with van der Waals surface area (Å²) < 4.78 is 4.55. The molecule has 8 heavy (non-hydrogen) atoms. The molecule has 0 atom stereocenters. The van der Waals surface area contributed by atoms with Crippen molar-refractivity contribution in [1.82, 2.24) is 0 Å². The summed E-state index contributed by atoms with van der Waals surface area (Å²) >= 11 is 2.99. The fourth-order valence-corrected chi connectivity index (χ4v) is 1.96. The highest BCUT2D eigenvalue weighted by Gasteiger charge is 2.10. The van der Waals surface area contributed by atoms with Gasteiger partial charge in [-0.05, 0) is 10.8 Å². The Morgan fingerprint density at radius 3 is 2.62 bits per heavy atom.